The number of amides is 2. The molecule has 0 fully saturated rings. The highest BCUT2D eigenvalue weighted by atomic mass is 35.5. The molecule has 0 aromatic heterocycles. The second-order valence-corrected chi connectivity index (χ2v) is 5.83. The van der Waals surface area contributed by atoms with E-state index in [1.165, 1.54) is 0 Å². The van der Waals surface area contributed by atoms with Crippen LogP contribution in [0.2, 0.25) is 5.02 Å². The van der Waals surface area contributed by atoms with Crippen LogP contribution in [-0.4, -0.2) is 24.0 Å². The zero-order valence-corrected chi connectivity index (χ0v) is 13.6. The maximum atomic E-state index is 12.3. The summed E-state index contributed by atoms with van der Waals surface area (Å²) in [4.78, 5) is 14.2. The fourth-order valence-corrected chi connectivity index (χ4v) is 2.28. The predicted octanol–water partition coefficient (Wildman–Crippen LogP) is 4.48. The molecule has 0 saturated carbocycles. The van der Waals surface area contributed by atoms with E-state index in [0.717, 1.165) is 25.1 Å². The molecule has 0 bridgehead atoms. The Bertz CT molecular complexity index is 417. The van der Waals surface area contributed by atoms with Crippen molar-refractivity contribution in [3.05, 3.63) is 34.9 Å². The van der Waals surface area contributed by atoms with E-state index in [2.05, 4.69) is 26.1 Å². The summed E-state index contributed by atoms with van der Waals surface area (Å²) < 4.78 is 0. The lowest BCUT2D eigenvalue weighted by Gasteiger charge is -2.26. The van der Waals surface area contributed by atoms with Crippen LogP contribution in [0.4, 0.5) is 4.79 Å². The van der Waals surface area contributed by atoms with Crippen LogP contribution in [0.3, 0.4) is 0 Å². The second kappa shape index (κ2) is 8.15. The monoisotopic (exact) mass is 296 g/mol. The Morgan fingerprint density at radius 2 is 1.85 bits per heavy atom. The predicted molar refractivity (Wildman–Crippen MR) is 85.1 cm³/mol. The molecule has 0 aliphatic rings. The number of rotatable bonds is 6. The molecule has 1 aromatic carbocycles. The van der Waals surface area contributed by atoms with Crippen molar-refractivity contribution < 1.29 is 4.79 Å². The fraction of sp³-hybridized carbons (Fsp3) is 0.562. The van der Waals surface area contributed by atoms with Crippen molar-refractivity contribution in [2.75, 3.05) is 13.1 Å². The molecule has 0 saturated heterocycles. The highest BCUT2D eigenvalue weighted by molar-refractivity contribution is 6.30. The molecule has 0 radical (unpaired) electrons. The maximum absolute atomic E-state index is 12.3. The van der Waals surface area contributed by atoms with Crippen molar-refractivity contribution in [2.45, 2.75) is 40.2 Å². The molecule has 4 heteroatoms. The second-order valence-electron chi connectivity index (χ2n) is 5.39. The quantitative estimate of drug-likeness (QED) is 0.825. The van der Waals surface area contributed by atoms with E-state index in [1.807, 2.05) is 36.1 Å². The number of urea groups is 1. The van der Waals surface area contributed by atoms with E-state index < -0.39 is 0 Å². The first-order chi connectivity index (χ1) is 9.47. The number of nitrogens with zero attached hydrogens (tertiary/aromatic N) is 1. The average molecular weight is 297 g/mol. The molecular formula is C16H25ClN2O. The Hall–Kier alpha value is -1.22. The number of nitrogens with one attached hydrogen (secondary N) is 1. The SMILES string of the molecule is CCC(NC(=O)N(CC)CC(C)C)c1ccc(Cl)cc1. The van der Waals surface area contributed by atoms with Gasteiger partial charge in [0, 0.05) is 18.1 Å². The maximum Gasteiger partial charge on any atom is 0.317 e. The van der Waals surface area contributed by atoms with Gasteiger partial charge in [-0.25, -0.2) is 4.79 Å². The van der Waals surface area contributed by atoms with Crippen LogP contribution in [0, 0.1) is 5.92 Å². The molecular weight excluding hydrogens is 272 g/mol. The van der Waals surface area contributed by atoms with Gasteiger partial charge in [-0.2, -0.15) is 0 Å². The molecule has 3 nitrogen and oxygen atoms in total. The first-order valence-corrected chi connectivity index (χ1v) is 7.66. The summed E-state index contributed by atoms with van der Waals surface area (Å²) in [6.45, 7) is 9.81. The molecule has 1 N–H and O–H groups in total. The summed E-state index contributed by atoms with van der Waals surface area (Å²) in [5, 5.41) is 3.82. The third-order valence-corrected chi connectivity index (χ3v) is 3.48. The van der Waals surface area contributed by atoms with Crippen LogP contribution in [0.15, 0.2) is 24.3 Å². The lowest BCUT2D eigenvalue weighted by molar-refractivity contribution is 0.189. The Morgan fingerprint density at radius 1 is 1.25 bits per heavy atom. The number of carbonyl (C=O) groups excluding carboxylic acids is 1. The lowest BCUT2D eigenvalue weighted by atomic mass is 10.0. The molecule has 1 aromatic rings. The van der Waals surface area contributed by atoms with Gasteiger partial charge in [-0.3, -0.25) is 0 Å². The first kappa shape index (κ1) is 16.8. The zero-order chi connectivity index (χ0) is 15.1. The van der Waals surface area contributed by atoms with Crippen LogP contribution < -0.4 is 5.32 Å². The van der Waals surface area contributed by atoms with Crippen molar-refractivity contribution in [2.24, 2.45) is 5.92 Å². The minimum Gasteiger partial charge on any atom is -0.331 e. The fourth-order valence-electron chi connectivity index (χ4n) is 2.15. The summed E-state index contributed by atoms with van der Waals surface area (Å²) in [5.74, 6) is 0.469. The molecule has 0 spiro atoms. The summed E-state index contributed by atoms with van der Waals surface area (Å²) in [7, 11) is 0. The Kier molecular flexibility index (Phi) is 6.86. The summed E-state index contributed by atoms with van der Waals surface area (Å²) >= 11 is 5.90. The van der Waals surface area contributed by atoms with E-state index in [1.54, 1.807) is 0 Å². The van der Waals surface area contributed by atoms with Gasteiger partial charge >= 0.3 is 6.03 Å². The van der Waals surface area contributed by atoms with Gasteiger partial charge < -0.3 is 10.2 Å². The molecule has 0 heterocycles. The minimum absolute atomic E-state index is 0.00278. The molecule has 1 atom stereocenters. The van der Waals surface area contributed by atoms with Gasteiger partial charge in [0.1, 0.15) is 0 Å². The number of halogens is 1. The summed E-state index contributed by atoms with van der Waals surface area (Å²) in [6, 6.07) is 7.68. The molecule has 0 aliphatic carbocycles. The minimum atomic E-state index is 0.00278. The van der Waals surface area contributed by atoms with Gasteiger partial charge in [0.15, 0.2) is 0 Å². The summed E-state index contributed by atoms with van der Waals surface area (Å²) in [5.41, 5.74) is 1.09. The number of carbonyl (C=O) groups is 1. The zero-order valence-electron chi connectivity index (χ0n) is 12.8. The molecule has 1 rings (SSSR count). The highest BCUT2D eigenvalue weighted by Crippen LogP contribution is 2.19. The van der Waals surface area contributed by atoms with Gasteiger partial charge in [-0.1, -0.05) is 44.5 Å². The van der Waals surface area contributed by atoms with Gasteiger partial charge in [-0.15, -0.1) is 0 Å². The molecule has 0 aliphatic heterocycles. The van der Waals surface area contributed by atoms with E-state index in [0.29, 0.717) is 10.9 Å². The smallest absolute Gasteiger partial charge is 0.317 e. The van der Waals surface area contributed by atoms with Crippen molar-refractivity contribution in [3.8, 4) is 0 Å². The van der Waals surface area contributed by atoms with Crippen LogP contribution >= 0.6 is 11.6 Å². The topological polar surface area (TPSA) is 32.3 Å². The van der Waals surface area contributed by atoms with E-state index in [9.17, 15) is 4.79 Å². The van der Waals surface area contributed by atoms with Crippen LogP contribution in [-0.2, 0) is 0 Å². The standard InChI is InChI=1S/C16H25ClN2O/c1-5-15(13-7-9-14(17)10-8-13)18-16(20)19(6-2)11-12(3)4/h7-10,12,15H,5-6,11H2,1-4H3,(H,18,20). The molecule has 112 valence electrons. The van der Waals surface area contributed by atoms with Gasteiger partial charge in [0.2, 0.25) is 0 Å². The molecule has 20 heavy (non-hydrogen) atoms. The van der Waals surface area contributed by atoms with Crippen LogP contribution in [0.25, 0.3) is 0 Å². The van der Waals surface area contributed by atoms with Gasteiger partial charge in [-0.05, 0) is 37.0 Å². The highest BCUT2D eigenvalue weighted by Gasteiger charge is 2.17. The number of benzene rings is 1. The van der Waals surface area contributed by atoms with Gasteiger partial charge in [0.25, 0.3) is 0 Å². The van der Waals surface area contributed by atoms with Crippen LogP contribution in [0.5, 0.6) is 0 Å². The molecule has 1 unspecified atom stereocenters. The third-order valence-electron chi connectivity index (χ3n) is 3.23. The lowest BCUT2D eigenvalue weighted by Crippen LogP contribution is -2.43. The van der Waals surface area contributed by atoms with E-state index in [-0.39, 0.29) is 12.1 Å². The largest absolute Gasteiger partial charge is 0.331 e. The number of hydrogen-bond donors (Lipinski definition) is 1. The van der Waals surface area contributed by atoms with Gasteiger partial charge in [0.05, 0.1) is 6.04 Å². The number of hydrogen-bond acceptors (Lipinski definition) is 1. The first-order valence-electron chi connectivity index (χ1n) is 7.28. The van der Waals surface area contributed by atoms with Crippen molar-refractivity contribution in [1.82, 2.24) is 10.2 Å². The van der Waals surface area contributed by atoms with E-state index in [4.69, 9.17) is 11.6 Å². The Labute approximate surface area is 127 Å². The Morgan fingerprint density at radius 3 is 2.30 bits per heavy atom. The van der Waals surface area contributed by atoms with E-state index >= 15 is 0 Å². The van der Waals surface area contributed by atoms with Crippen molar-refractivity contribution in [3.63, 3.8) is 0 Å². The third kappa shape index (κ3) is 5.04. The van der Waals surface area contributed by atoms with Crippen LogP contribution in [0.1, 0.15) is 45.7 Å². The average Bonchev–Trinajstić information content (AvgIpc) is 2.42. The van der Waals surface area contributed by atoms with Crippen molar-refractivity contribution >= 4 is 17.6 Å². The normalized spacial score (nSPS) is 12.3. The summed E-state index contributed by atoms with van der Waals surface area (Å²) in [6.07, 6.45) is 0.854. The molecule has 2 amide bonds. The Balaban J connectivity index is 2.72. The van der Waals surface area contributed by atoms with Crippen molar-refractivity contribution in [1.29, 1.82) is 0 Å².